The van der Waals surface area contributed by atoms with Crippen molar-refractivity contribution in [2.24, 2.45) is 10.9 Å². The third-order valence-electron chi connectivity index (χ3n) is 2.67. The monoisotopic (exact) mass is 309 g/mol. The fourth-order valence-electron chi connectivity index (χ4n) is 1.64. The summed E-state index contributed by atoms with van der Waals surface area (Å²) in [6, 6.07) is 10.8. The fraction of sp³-hybridized carbons (Fsp3) is 0. The Morgan fingerprint density at radius 2 is 1.76 bits per heavy atom. The minimum atomic E-state index is -4.02. The van der Waals surface area contributed by atoms with E-state index in [1.54, 1.807) is 0 Å². The molecule has 2 aromatic carbocycles. The number of nitrogens with zero attached hydrogens (tertiary/aromatic N) is 1. The second-order valence-electron chi connectivity index (χ2n) is 4.10. The van der Waals surface area contributed by atoms with Crippen molar-refractivity contribution in [3.05, 3.63) is 59.9 Å². The van der Waals surface area contributed by atoms with E-state index < -0.39 is 20.7 Å². The molecule has 0 spiro atoms. The van der Waals surface area contributed by atoms with E-state index in [0.29, 0.717) is 5.56 Å². The molecule has 0 fully saturated rings. The first kappa shape index (κ1) is 14.8. The Morgan fingerprint density at radius 1 is 1.14 bits per heavy atom. The average Bonchev–Trinajstić information content (AvgIpc) is 2.47. The van der Waals surface area contributed by atoms with Crippen LogP contribution in [0, 0.1) is 5.82 Å². The highest BCUT2D eigenvalue weighted by molar-refractivity contribution is 7.92. The van der Waals surface area contributed by atoms with Crippen LogP contribution in [0.3, 0.4) is 0 Å². The SMILES string of the molecule is N/C(=N/O)c1ccc(NS(=O)(=O)c2ccccc2F)cc1. The van der Waals surface area contributed by atoms with Crippen molar-refractivity contribution in [3.63, 3.8) is 0 Å². The van der Waals surface area contributed by atoms with Gasteiger partial charge in [0.2, 0.25) is 0 Å². The van der Waals surface area contributed by atoms with Crippen molar-refractivity contribution >= 4 is 21.5 Å². The van der Waals surface area contributed by atoms with Gasteiger partial charge >= 0.3 is 0 Å². The minimum Gasteiger partial charge on any atom is -0.409 e. The maximum Gasteiger partial charge on any atom is 0.264 e. The summed E-state index contributed by atoms with van der Waals surface area (Å²) in [6.45, 7) is 0. The molecule has 0 aliphatic carbocycles. The fourth-order valence-corrected chi connectivity index (χ4v) is 2.78. The lowest BCUT2D eigenvalue weighted by Gasteiger charge is -2.09. The molecule has 0 radical (unpaired) electrons. The van der Waals surface area contributed by atoms with E-state index in [-0.39, 0.29) is 11.5 Å². The van der Waals surface area contributed by atoms with Gasteiger partial charge in [0.15, 0.2) is 5.84 Å². The number of oxime groups is 1. The lowest BCUT2D eigenvalue weighted by molar-refractivity contribution is 0.318. The molecule has 0 aliphatic rings. The molecule has 0 bridgehead atoms. The summed E-state index contributed by atoms with van der Waals surface area (Å²) in [5.74, 6) is -0.934. The summed E-state index contributed by atoms with van der Waals surface area (Å²) < 4.78 is 39.9. The van der Waals surface area contributed by atoms with Crippen LogP contribution in [0.5, 0.6) is 0 Å². The van der Waals surface area contributed by atoms with Crippen molar-refractivity contribution in [1.82, 2.24) is 0 Å². The standard InChI is InChI=1S/C13H12FN3O3S/c14-11-3-1-2-4-12(11)21(19,20)17-10-7-5-9(6-8-10)13(15)16-18/h1-8,17-18H,(H2,15,16). The van der Waals surface area contributed by atoms with Crippen LogP contribution in [0.2, 0.25) is 0 Å². The predicted molar refractivity (Wildman–Crippen MR) is 76.2 cm³/mol. The predicted octanol–water partition coefficient (Wildman–Crippen LogP) is 1.72. The van der Waals surface area contributed by atoms with Gasteiger partial charge in [0.05, 0.1) is 0 Å². The second kappa shape index (κ2) is 5.80. The summed E-state index contributed by atoms with van der Waals surface area (Å²) >= 11 is 0. The molecule has 21 heavy (non-hydrogen) atoms. The Balaban J connectivity index is 2.28. The highest BCUT2D eigenvalue weighted by atomic mass is 32.2. The smallest absolute Gasteiger partial charge is 0.264 e. The Morgan fingerprint density at radius 3 is 2.33 bits per heavy atom. The molecule has 8 heteroatoms. The normalized spacial score (nSPS) is 12.1. The Hall–Kier alpha value is -2.61. The molecule has 0 aromatic heterocycles. The molecule has 110 valence electrons. The van der Waals surface area contributed by atoms with Gasteiger partial charge in [-0.15, -0.1) is 0 Å². The van der Waals surface area contributed by atoms with Crippen LogP contribution >= 0.6 is 0 Å². The number of hydrogen-bond donors (Lipinski definition) is 3. The van der Waals surface area contributed by atoms with Gasteiger partial charge in [-0.1, -0.05) is 17.3 Å². The van der Waals surface area contributed by atoms with Gasteiger partial charge in [-0.25, -0.2) is 12.8 Å². The highest BCUT2D eigenvalue weighted by Gasteiger charge is 2.18. The van der Waals surface area contributed by atoms with E-state index in [1.165, 1.54) is 42.5 Å². The summed E-state index contributed by atoms with van der Waals surface area (Å²) in [6.07, 6.45) is 0. The van der Waals surface area contributed by atoms with Gasteiger partial charge in [-0.3, -0.25) is 4.72 Å². The second-order valence-corrected chi connectivity index (χ2v) is 5.75. The van der Waals surface area contributed by atoms with Gasteiger partial charge in [-0.2, -0.15) is 0 Å². The van der Waals surface area contributed by atoms with Crippen LogP contribution in [0.15, 0.2) is 58.6 Å². The summed E-state index contributed by atoms with van der Waals surface area (Å²) in [5.41, 5.74) is 6.05. The Kier molecular flexibility index (Phi) is 4.08. The van der Waals surface area contributed by atoms with Gasteiger partial charge in [0.25, 0.3) is 10.0 Å². The average molecular weight is 309 g/mol. The molecule has 0 unspecified atom stereocenters. The maximum absolute atomic E-state index is 13.5. The summed E-state index contributed by atoms with van der Waals surface area (Å²) in [7, 11) is -4.02. The molecule has 2 rings (SSSR count). The van der Waals surface area contributed by atoms with Gasteiger partial charge in [0, 0.05) is 11.3 Å². The first-order chi connectivity index (χ1) is 9.94. The van der Waals surface area contributed by atoms with Gasteiger partial charge in [0.1, 0.15) is 10.7 Å². The number of nitrogens with two attached hydrogens (primary N) is 1. The molecule has 0 saturated carbocycles. The van der Waals surface area contributed by atoms with Crippen molar-refractivity contribution in [1.29, 1.82) is 0 Å². The van der Waals surface area contributed by atoms with E-state index >= 15 is 0 Å². The number of amidine groups is 1. The van der Waals surface area contributed by atoms with Crippen LogP contribution in [0.4, 0.5) is 10.1 Å². The van der Waals surface area contributed by atoms with E-state index in [0.717, 1.165) is 6.07 Å². The number of rotatable bonds is 4. The van der Waals surface area contributed by atoms with Crippen molar-refractivity contribution < 1.29 is 18.0 Å². The molecule has 0 amide bonds. The van der Waals surface area contributed by atoms with Crippen LogP contribution in [0.1, 0.15) is 5.56 Å². The van der Waals surface area contributed by atoms with Crippen molar-refractivity contribution in [3.8, 4) is 0 Å². The first-order valence-electron chi connectivity index (χ1n) is 5.79. The van der Waals surface area contributed by atoms with Crippen molar-refractivity contribution in [2.75, 3.05) is 4.72 Å². The lowest BCUT2D eigenvalue weighted by Crippen LogP contribution is -2.15. The van der Waals surface area contributed by atoms with Crippen molar-refractivity contribution in [2.45, 2.75) is 4.90 Å². The van der Waals surface area contributed by atoms with E-state index in [4.69, 9.17) is 10.9 Å². The lowest BCUT2D eigenvalue weighted by atomic mass is 10.2. The molecule has 2 aromatic rings. The molecule has 6 nitrogen and oxygen atoms in total. The maximum atomic E-state index is 13.5. The number of benzene rings is 2. The highest BCUT2D eigenvalue weighted by Crippen LogP contribution is 2.18. The number of nitrogens with one attached hydrogen (secondary N) is 1. The largest absolute Gasteiger partial charge is 0.409 e. The zero-order valence-corrected chi connectivity index (χ0v) is 11.5. The van der Waals surface area contributed by atoms with Crippen LogP contribution in [0.25, 0.3) is 0 Å². The zero-order chi connectivity index (χ0) is 15.5. The number of sulfonamides is 1. The molecule has 0 atom stereocenters. The molecule has 4 N–H and O–H groups in total. The van der Waals surface area contributed by atoms with Crippen LogP contribution in [-0.2, 0) is 10.0 Å². The van der Waals surface area contributed by atoms with Gasteiger partial charge < -0.3 is 10.9 Å². The molecular formula is C13H12FN3O3S. The quantitative estimate of drug-likeness (QED) is 0.346. The number of halogens is 1. The van der Waals surface area contributed by atoms with Gasteiger partial charge in [-0.05, 0) is 36.4 Å². The minimum absolute atomic E-state index is 0.0986. The third kappa shape index (κ3) is 3.29. The van der Waals surface area contributed by atoms with Crippen LogP contribution < -0.4 is 10.5 Å². The third-order valence-corrected chi connectivity index (χ3v) is 4.08. The molecular weight excluding hydrogens is 297 g/mol. The topological polar surface area (TPSA) is 105 Å². The molecule has 0 saturated heterocycles. The van der Waals surface area contributed by atoms with E-state index in [9.17, 15) is 12.8 Å². The van der Waals surface area contributed by atoms with E-state index in [2.05, 4.69) is 9.88 Å². The van der Waals surface area contributed by atoms with E-state index in [1.807, 2.05) is 0 Å². The molecule has 0 heterocycles. The first-order valence-corrected chi connectivity index (χ1v) is 7.27. The summed E-state index contributed by atoms with van der Waals surface area (Å²) in [4.78, 5) is -0.439. The number of anilines is 1. The summed E-state index contributed by atoms with van der Waals surface area (Å²) in [5, 5.41) is 11.4. The molecule has 0 aliphatic heterocycles. The Bertz CT molecular complexity index is 774. The Labute approximate surface area is 120 Å². The van der Waals surface area contributed by atoms with Crippen LogP contribution in [-0.4, -0.2) is 19.5 Å². The zero-order valence-electron chi connectivity index (χ0n) is 10.7. The number of hydrogen-bond acceptors (Lipinski definition) is 4.